The van der Waals surface area contributed by atoms with Gasteiger partial charge < -0.3 is 19.7 Å². The fourth-order valence-corrected chi connectivity index (χ4v) is 2.94. The molecule has 1 aliphatic rings. The van der Waals surface area contributed by atoms with Gasteiger partial charge in [0, 0.05) is 15.7 Å². The highest BCUT2D eigenvalue weighted by atomic mass is 79.9. The van der Waals surface area contributed by atoms with E-state index in [1.165, 1.54) is 0 Å². The van der Waals surface area contributed by atoms with Crippen LogP contribution in [-0.4, -0.2) is 32.2 Å². The van der Waals surface area contributed by atoms with Crippen LogP contribution in [0.2, 0.25) is 0 Å². The van der Waals surface area contributed by atoms with Gasteiger partial charge in [0.2, 0.25) is 0 Å². The molecule has 25 heavy (non-hydrogen) atoms. The number of benzene rings is 2. The molecule has 0 bridgehead atoms. The first-order valence-electron chi connectivity index (χ1n) is 8.30. The summed E-state index contributed by atoms with van der Waals surface area (Å²) in [6.45, 7) is 3.82. The highest BCUT2D eigenvalue weighted by Crippen LogP contribution is 2.30. The summed E-state index contributed by atoms with van der Waals surface area (Å²) in [5.74, 6) is 1.56. The number of fused-ring (bicyclic) bond motifs is 1. The Labute approximate surface area is 156 Å². The van der Waals surface area contributed by atoms with Crippen molar-refractivity contribution in [3.05, 3.63) is 52.5 Å². The molecule has 6 heteroatoms. The minimum absolute atomic E-state index is 0.00244. The van der Waals surface area contributed by atoms with E-state index >= 15 is 0 Å². The molecular weight excluding hydrogens is 384 g/mol. The molecule has 2 aromatic carbocycles. The van der Waals surface area contributed by atoms with E-state index in [9.17, 15) is 4.79 Å². The first-order valence-corrected chi connectivity index (χ1v) is 9.09. The second-order valence-electron chi connectivity index (χ2n) is 6.22. The van der Waals surface area contributed by atoms with Crippen LogP contribution in [0.4, 0.5) is 5.69 Å². The zero-order valence-corrected chi connectivity index (χ0v) is 15.9. The zero-order valence-electron chi connectivity index (χ0n) is 14.3. The van der Waals surface area contributed by atoms with E-state index in [2.05, 4.69) is 21.2 Å². The first kappa shape index (κ1) is 17.8. The molecule has 2 atom stereocenters. The minimum atomic E-state index is -0.183. The number of rotatable bonds is 5. The van der Waals surface area contributed by atoms with Gasteiger partial charge >= 0.3 is 0 Å². The Morgan fingerprint density at radius 3 is 2.56 bits per heavy atom. The minimum Gasteiger partial charge on any atom is -0.486 e. The number of carbonyl (C=O) groups excluding carboxylic acids is 1. The average molecular weight is 406 g/mol. The molecule has 2 N–H and O–H groups in total. The molecule has 0 aliphatic carbocycles. The lowest BCUT2D eigenvalue weighted by molar-refractivity contribution is -0.907. The number of hydrogen-bond acceptors (Lipinski definition) is 3. The number of ether oxygens (including phenoxy) is 2. The van der Waals surface area contributed by atoms with Crippen molar-refractivity contribution in [1.29, 1.82) is 0 Å². The molecule has 0 saturated heterocycles. The van der Waals surface area contributed by atoms with Gasteiger partial charge in [0.15, 0.2) is 17.5 Å². The lowest BCUT2D eigenvalue weighted by atomic mass is 10.1. The van der Waals surface area contributed by atoms with Gasteiger partial charge in [-0.3, -0.25) is 4.79 Å². The predicted octanol–water partition coefficient (Wildman–Crippen LogP) is 2.26. The Balaban J connectivity index is 1.60. The van der Waals surface area contributed by atoms with Crippen LogP contribution in [-0.2, 0) is 11.3 Å². The Kier molecular flexibility index (Phi) is 5.60. The molecule has 1 unspecified atom stereocenters. The molecule has 132 valence electrons. The molecule has 1 amide bonds. The number of carbonyl (C=O) groups is 1. The molecule has 3 rings (SSSR count). The Bertz CT molecular complexity index is 749. The maximum absolute atomic E-state index is 12.5. The zero-order chi connectivity index (χ0) is 17.8. The molecule has 1 aliphatic heterocycles. The fraction of sp³-hybridized carbons (Fsp3) is 0.316. The molecule has 1 heterocycles. The number of halogens is 1. The van der Waals surface area contributed by atoms with Crippen LogP contribution in [0.15, 0.2) is 46.9 Å². The van der Waals surface area contributed by atoms with Crippen LogP contribution in [0.3, 0.4) is 0 Å². The summed E-state index contributed by atoms with van der Waals surface area (Å²) in [5, 5.41) is 2.96. The summed E-state index contributed by atoms with van der Waals surface area (Å²) in [5.41, 5.74) is 1.91. The normalized spacial score (nSPS) is 15.3. The second kappa shape index (κ2) is 7.89. The molecule has 0 aromatic heterocycles. The maximum atomic E-state index is 12.5. The summed E-state index contributed by atoms with van der Waals surface area (Å²) in [6, 6.07) is 13.3. The Hall–Kier alpha value is -2.05. The van der Waals surface area contributed by atoms with Gasteiger partial charge in [-0.15, -0.1) is 0 Å². The molecule has 0 fully saturated rings. The third-order valence-corrected chi connectivity index (χ3v) is 4.86. The number of quaternary nitrogens is 1. The summed E-state index contributed by atoms with van der Waals surface area (Å²) < 4.78 is 12.2. The van der Waals surface area contributed by atoms with Gasteiger partial charge in [0.05, 0.1) is 7.05 Å². The third-order valence-electron chi connectivity index (χ3n) is 4.33. The largest absolute Gasteiger partial charge is 0.486 e. The number of anilines is 1. The van der Waals surface area contributed by atoms with E-state index in [-0.39, 0.29) is 11.9 Å². The summed E-state index contributed by atoms with van der Waals surface area (Å²) >= 11 is 3.39. The molecule has 0 spiro atoms. The molecule has 2 aromatic rings. The standard InChI is InChI=1S/C19H21BrN2O3/c1-13(19(23)21-16-6-4-15(20)5-7-16)22(2)12-14-3-8-17-18(11-14)25-10-9-24-17/h3-8,11,13H,9-10,12H2,1-2H3,(H,21,23)/p+1/t13-/m1/s1. The first-order chi connectivity index (χ1) is 12.0. The van der Waals surface area contributed by atoms with Crippen molar-refractivity contribution in [3.63, 3.8) is 0 Å². The fourth-order valence-electron chi connectivity index (χ4n) is 2.68. The molecular formula is C19H22BrN2O3+. The van der Waals surface area contributed by atoms with Gasteiger partial charge in [-0.05, 0) is 49.4 Å². The summed E-state index contributed by atoms with van der Waals surface area (Å²) in [4.78, 5) is 13.6. The van der Waals surface area contributed by atoms with Gasteiger partial charge in [-0.2, -0.15) is 0 Å². The number of nitrogens with one attached hydrogen (secondary N) is 2. The van der Waals surface area contributed by atoms with E-state index in [0.717, 1.165) is 38.7 Å². The summed E-state index contributed by atoms with van der Waals surface area (Å²) in [7, 11) is 2.02. The van der Waals surface area contributed by atoms with Gasteiger partial charge in [-0.25, -0.2) is 0 Å². The summed E-state index contributed by atoms with van der Waals surface area (Å²) in [6.07, 6.45) is 0. The van der Waals surface area contributed by atoms with E-state index in [1.54, 1.807) is 0 Å². The molecule has 0 radical (unpaired) electrons. The molecule has 5 nitrogen and oxygen atoms in total. The highest BCUT2D eigenvalue weighted by Gasteiger charge is 2.23. The van der Waals surface area contributed by atoms with E-state index in [4.69, 9.17) is 9.47 Å². The van der Waals surface area contributed by atoms with E-state index in [0.29, 0.717) is 13.2 Å². The van der Waals surface area contributed by atoms with Crippen molar-refractivity contribution in [2.45, 2.75) is 19.5 Å². The second-order valence-corrected chi connectivity index (χ2v) is 7.13. The van der Waals surface area contributed by atoms with Crippen molar-refractivity contribution < 1.29 is 19.2 Å². The van der Waals surface area contributed by atoms with Crippen LogP contribution in [0.25, 0.3) is 0 Å². The van der Waals surface area contributed by atoms with Crippen LogP contribution in [0, 0.1) is 0 Å². The molecule has 0 saturated carbocycles. The van der Waals surface area contributed by atoms with Gasteiger partial charge in [-0.1, -0.05) is 15.9 Å². The maximum Gasteiger partial charge on any atom is 0.282 e. The smallest absolute Gasteiger partial charge is 0.282 e. The van der Waals surface area contributed by atoms with Crippen molar-refractivity contribution in [2.24, 2.45) is 0 Å². The number of amides is 1. The van der Waals surface area contributed by atoms with Crippen molar-refractivity contribution >= 4 is 27.5 Å². The van der Waals surface area contributed by atoms with E-state index < -0.39 is 0 Å². The van der Waals surface area contributed by atoms with Crippen molar-refractivity contribution in [1.82, 2.24) is 0 Å². The average Bonchev–Trinajstić information content (AvgIpc) is 2.62. The van der Waals surface area contributed by atoms with Gasteiger partial charge in [0.25, 0.3) is 5.91 Å². The number of likely N-dealkylation sites (N-methyl/N-ethyl adjacent to an activating group) is 1. The van der Waals surface area contributed by atoms with E-state index in [1.807, 2.05) is 56.4 Å². The Morgan fingerprint density at radius 2 is 1.84 bits per heavy atom. The van der Waals surface area contributed by atoms with Crippen molar-refractivity contribution in [2.75, 3.05) is 25.6 Å². The highest BCUT2D eigenvalue weighted by molar-refractivity contribution is 9.10. The van der Waals surface area contributed by atoms with Crippen molar-refractivity contribution in [3.8, 4) is 11.5 Å². The quantitative estimate of drug-likeness (QED) is 0.801. The monoisotopic (exact) mass is 405 g/mol. The lowest BCUT2D eigenvalue weighted by Crippen LogP contribution is -3.12. The topological polar surface area (TPSA) is 52.0 Å². The Morgan fingerprint density at radius 1 is 1.16 bits per heavy atom. The van der Waals surface area contributed by atoms with Crippen LogP contribution in [0.1, 0.15) is 12.5 Å². The van der Waals surface area contributed by atoms with Crippen LogP contribution in [0.5, 0.6) is 11.5 Å². The SMILES string of the molecule is C[C@H](C(=O)Nc1ccc(Br)cc1)[NH+](C)Cc1ccc2c(c1)OCCO2. The van der Waals surface area contributed by atoms with Gasteiger partial charge in [0.1, 0.15) is 19.8 Å². The lowest BCUT2D eigenvalue weighted by Gasteiger charge is -2.23. The number of hydrogen-bond donors (Lipinski definition) is 2. The van der Waals surface area contributed by atoms with Crippen LogP contribution >= 0.6 is 15.9 Å². The third kappa shape index (κ3) is 4.52. The predicted molar refractivity (Wildman–Crippen MR) is 100 cm³/mol. The van der Waals surface area contributed by atoms with Crippen LogP contribution < -0.4 is 19.7 Å².